The lowest BCUT2D eigenvalue weighted by Crippen LogP contribution is -2.45. The number of ether oxygens (including phenoxy) is 1. The first-order chi connectivity index (χ1) is 13.9. The van der Waals surface area contributed by atoms with Crippen molar-refractivity contribution in [3.63, 3.8) is 0 Å². The Bertz CT molecular complexity index is 902. The third-order valence-electron chi connectivity index (χ3n) is 5.25. The summed E-state index contributed by atoms with van der Waals surface area (Å²) in [7, 11) is 0. The van der Waals surface area contributed by atoms with Gasteiger partial charge in [0, 0.05) is 24.5 Å². The van der Waals surface area contributed by atoms with Gasteiger partial charge in [-0.1, -0.05) is 24.3 Å². The first kappa shape index (κ1) is 20.5. The van der Waals surface area contributed by atoms with Crippen LogP contribution >= 0.6 is 0 Å². The second-order valence-corrected chi connectivity index (χ2v) is 7.12. The Labute approximate surface area is 169 Å². The Kier molecular flexibility index (Phi) is 6.29. The summed E-state index contributed by atoms with van der Waals surface area (Å²) in [5, 5.41) is 13.9. The summed E-state index contributed by atoms with van der Waals surface area (Å²) in [4.78, 5) is 35.8. The first-order valence-electron chi connectivity index (χ1n) is 9.48. The number of nitrogens with one attached hydrogen (secondary N) is 2. The number of anilines is 1. The molecule has 29 heavy (non-hydrogen) atoms. The molecule has 3 N–H and O–H groups in total. The lowest BCUT2D eigenvalue weighted by atomic mass is 9.71. The first-order valence-corrected chi connectivity index (χ1v) is 9.48. The summed E-state index contributed by atoms with van der Waals surface area (Å²) >= 11 is 0. The van der Waals surface area contributed by atoms with Crippen LogP contribution < -0.4 is 10.6 Å². The lowest BCUT2D eigenvalue weighted by molar-refractivity contribution is -0.135. The number of aliphatic carboxylic acids is 1. The minimum atomic E-state index is -1.11. The van der Waals surface area contributed by atoms with Crippen molar-refractivity contribution in [3.8, 4) is 0 Å². The van der Waals surface area contributed by atoms with Gasteiger partial charge in [0.2, 0.25) is 5.91 Å². The van der Waals surface area contributed by atoms with Gasteiger partial charge in [-0.05, 0) is 55.2 Å². The zero-order valence-electron chi connectivity index (χ0n) is 16.2. The third kappa shape index (κ3) is 4.63. The highest BCUT2D eigenvalue weighted by atomic mass is 16.5. The van der Waals surface area contributed by atoms with Crippen molar-refractivity contribution >= 4 is 23.5 Å². The van der Waals surface area contributed by atoms with E-state index in [2.05, 4.69) is 10.6 Å². The number of hydrogen-bond donors (Lipinski definition) is 3. The molecule has 2 amide bonds. The van der Waals surface area contributed by atoms with Crippen LogP contribution in [0.5, 0.6) is 0 Å². The number of benzene rings is 2. The van der Waals surface area contributed by atoms with Crippen molar-refractivity contribution in [2.24, 2.45) is 0 Å². The summed E-state index contributed by atoms with van der Waals surface area (Å²) in [5.74, 6) is -1.69. The van der Waals surface area contributed by atoms with Gasteiger partial charge in [0.15, 0.2) is 0 Å². The fraction of sp³-hybridized carbons (Fsp3) is 0.318. The lowest BCUT2D eigenvalue weighted by Gasteiger charge is -2.37. The van der Waals surface area contributed by atoms with Crippen molar-refractivity contribution in [1.82, 2.24) is 5.32 Å². The zero-order valence-corrected chi connectivity index (χ0v) is 16.2. The van der Waals surface area contributed by atoms with Gasteiger partial charge < -0.3 is 20.5 Å². The molecule has 0 aliphatic carbocycles. The maximum absolute atomic E-state index is 13.3. The number of rotatable bonds is 6. The molecular formula is C22H24N2O5. The summed E-state index contributed by atoms with van der Waals surface area (Å²) in [6.45, 7) is 2.59. The minimum absolute atomic E-state index is 0.0989. The van der Waals surface area contributed by atoms with Gasteiger partial charge in [-0.15, -0.1) is 0 Å². The molecule has 7 nitrogen and oxygen atoms in total. The number of carboxylic acid groups (broad SMARTS) is 1. The average molecular weight is 396 g/mol. The van der Waals surface area contributed by atoms with E-state index < -0.39 is 23.8 Å². The number of carboxylic acids is 1. The van der Waals surface area contributed by atoms with Crippen molar-refractivity contribution in [1.29, 1.82) is 0 Å². The molecule has 0 bridgehead atoms. The number of amides is 2. The van der Waals surface area contributed by atoms with E-state index in [1.807, 2.05) is 31.2 Å². The van der Waals surface area contributed by atoms with Gasteiger partial charge in [0.05, 0.1) is 5.41 Å². The molecule has 0 unspecified atom stereocenters. The van der Waals surface area contributed by atoms with E-state index >= 15 is 0 Å². The second kappa shape index (κ2) is 8.87. The van der Waals surface area contributed by atoms with Crippen molar-refractivity contribution in [2.75, 3.05) is 25.1 Å². The van der Waals surface area contributed by atoms with E-state index in [0.29, 0.717) is 37.3 Å². The third-order valence-corrected chi connectivity index (χ3v) is 5.25. The maximum atomic E-state index is 13.3. The number of hydrogen-bond acceptors (Lipinski definition) is 4. The molecule has 152 valence electrons. The van der Waals surface area contributed by atoms with Crippen molar-refractivity contribution in [3.05, 3.63) is 65.2 Å². The van der Waals surface area contributed by atoms with Gasteiger partial charge in [0.1, 0.15) is 6.54 Å². The van der Waals surface area contributed by atoms with E-state index in [1.165, 1.54) is 0 Å². The monoisotopic (exact) mass is 396 g/mol. The summed E-state index contributed by atoms with van der Waals surface area (Å²) in [6, 6.07) is 14.3. The standard InChI is InChI=1S/C22H24N2O5/c1-15-4-2-3-5-18(15)22(10-12-29-13-11-22)21(28)24-17-8-6-16(7-9-17)20(27)23-14-19(25)26/h2-9H,10-14H2,1H3,(H,23,27)(H,24,28)(H,25,26). The molecule has 0 spiro atoms. The zero-order chi connectivity index (χ0) is 20.9. The van der Waals surface area contributed by atoms with Crippen LogP contribution in [0.25, 0.3) is 0 Å². The van der Waals surface area contributed by atoms with Crippen LogP contribution in [0, 0.1) is 6.92 Å². The highest BCUT2D eigenvalue weighted by molar-refractivity contribution is 6.00. The number of carbonyl (C=O) groups is 3. The van der Waals surface area contributed by atoms with Crippen molar-refractivity contribution < 1.29 is 24.2 Å². The highest BCUT2D eigenvalue weighted by Crippen LogP contribution is 2.37. The van der Waals surface area contributed by atoms with E-state index in [-0.39, 0.29) is 5.91 Å². The SMILES string of the molecule is Cc1ccccc1C1(C(=O)Nc2ccc(C(=O)NCC(=O)O)cc2)CCOCC1. The second-order valence-electron chi connectivity index (χ2n) is 7.12. The Balaban J connectivity index is 1.77. The Morgan fingerprint density at radius 2 is 1.69 bits per heavy atom. The predicted molar refractivity (Wildman–Crippen MR) is 108 cm³/mol. The van der Waals surface area contributed by atoms with Gasteiger partial charge in [-0.25, -0.2) is 0 Å². The van der Waals surface area contributed by atoms with E-state index in [0.717, 1.165) is 11.1 Å². The molecule has 1 aliphatic rings. The average Bonchev–Trinajstić information content (AvgIpc) is 2.73. The van der Waals surface area contributed by atoms with Crippen LogP contribution in [0.1, 0.15) is 34.3 Å². The molecule has 3 rings (SSSR count). The molecule has 0 aromatic heterocycles. The van der Waals surface area contributed by atoms with Gasteiger partial charge in [-0.3, -0.25) is 14.4 Å². The molecule has 1 saturated heterocycles. The Morgan fingerprint density at radius 1 is 1.03 bits per heavy atom. The fourth-order valence-electron chi connectivity index (χ4n) is 3.66. The summed E-state index contributed by atoms with van der Waals surface area (Å²) in [6.07, 6.45) is 1.19. The smallest absolute Gasteiger partial charge is 0.322 e. The molecular weight excluding hydrogens is 372 g/mol. The maximum Gasteiger partial charge on any atom is 0.322 e. The van der Waals surface area contributed by atoms with Gasteiger partial charge in [-0.2, -0.15) is 0 Å². The molecule has 7 heteroatoms. The summed E-state index contributed by atoms with van der Waals surface area (Å²) < 4.78 is 5.50. The minimum Gasteiger partial charge on any atom is -0.480 e. The van der Waals surface area contributed by atoms with Crippen LogP contribution in [0.2, 0.25) is 0 Å². The van der Waals surface area contributed by atoms with Gasteiger partial charge in [0.25, 0.3) is 5.91 Å². The van der Waals surface area contributed by atoms with Crippen LogP contribution in [-0.2, 0) is 19.7 Å². The van der Waals surface area contributed by atoms with Crippen LogP contribution in [-0.4, -0.2) is 42.6 Å². The van der Waals surface area contributed by atoms with Crippen LogP contribution in [0.15, 0.2) is 48.5 Å². The molecule has 1 heterocycles. The number of carbonyl (C=O) groups excluding carboxylic acids is 2. The normalized spacial score (nSPS) is 15.3. The predicted octanol–water partition coefficient (Wildman–Crippen LogP) is 2.50. The molecule has 2 aromatic rings. The fourth-order valence-corrected chi connectivity index (χ4v) is 3.66. The number of aryl methyl sites for hydroxylation is 1. The van der Waals surface area contributed by atoms with E-state index in [4.69, 9.17) is 9.84 Å². The molecule has 1 fully saturated rings. The quantitative estimate of drug-likeness (QED) is 0.696. The van der Waals surface area contributed by atoms with Crippen LogP contribution in [0.4, 0.5) is 5.69 Å². The highest BCUT2D eigenvalue weighted by Gasteiger charge is 2.42. The summed E-state index contributed by atoms with van der Waals surface area (Å²) in [5.41, 5.74) is 2.30. The molecule has 0 radical (unpaired) electrons. The van der Waals surface area contributed by atoms with Crippen LogP contribution in [0.3, 0.4) is 0 Å². The van der Waals surface area contributed by atoms with Crippen molar-refractivity contribution in [2.45, 2.75) is 25.2 Å². The molecule has 1 aliphatic heterocycles. The molecule has 0 saturated carbocycles. The van der Waals surface area contributed by atoms with E-state index in [9.17, 15) is 14.4 Å². The van der Waals surface area contributed by atoms with E-state index in [1.54, 1.807) is 24.3 Å². The Hall–Kier alpha value is -3.19. The van der Waals surface area contributed by atoms with Gasteiger partial charge >= 0.3 is 5.97 Å². The topological polar surface area (TPSA) is 105 Å². The molecule has 0 atom stereocenters. The molecule has 2 aromatic carbocycles. The largest absolute Gasteiger partial charge is 0.480 e. The Morgan fingerprint density at radius 3 is 2.31 bits per heavy atom.